The maximum Gasteiger partial charge on any atom is 0.389 e. The van der Waals surface area contributed by atoms with E-state index in [1.165, 1.54) is 24.1 Å². The van der Waals surface area contributed by atoms with E-state index in [0.717, 1.165) is 12.1 Å². The number of primary amides is 1. The fraction of sp³-hybridized carbons (Fsp3) is 0.241. The summed E-state index contributed by atoms with van der Waals surface area (Å²) in [5, 5.41) is 2.52. The highest BCUT2D eigenvalue weighted by molar-refractivity contribution is 6.20. The number of aliphatic imine (C=N–C) groups is 1. The minimum atomic E-state index is -4.61. The Morgan fingerprint density at radius 1 is 1.00 bits per heavy atom. The molecule has 1 heterocycles. The van der Waals surface area contributed by atoms with E-state index in [1.807, 2.05) is 0 Å². The van der Waals surface area contributed by atoms with Crippen LogP contribution in [0.4, 0.5) is 23.2 Å². The topological polar surface area (TPSA) is 105 Å². The first-order valence-electron chi connectivity index (χ1n) is 12.4. The van der Waals surface area contributed by atoms with Crippen molar-refractivity contribution in [3.8, 4) is 0 Å². The minimum Gasteiger partial charge on any atom is -0.369 e. The van der Waals surface area contributed by atoms with E-state index in [9.17, 15) is 31.9 Å². The van der Waals surface area contributed by atoms with Crippen LogP contribution in [-0.2, 0) is 14.4 Å². The molecule has 3 amide bonds. The third-order valence-corrected chi connectivity index (χ3v) is 6.69. The van der Waals surface area contributed by atoms with Gasteiger partial charge in [0.2, 0.25) is 18.0 Å². The van der Waals surface area contributed by atoms with Gasteiger partial charge in [-0.3, -0.25) is 14.4 Å². The number of nitrogens with one attached hydrogen (secondary N) is 1. The van der Waals surface area contributed by atoms with Crippen molar-refractivity contribution in [3.05, 3.63) is 101 Å². The van der Waals surface area contributed by atoms with Crippen molar-refractivity contribution in [1.82, 2.24) is 5.32 Å². The molecule has 0 saturated carbocycles. The lowest BCUT2D eigenvalue weighted by atomic mass is 9.81. The summed E-state index contributed by atoms with van der Waals surface area (Å²) in [5.41, 5.74) is 7.75. The summed E-state index contributed by atoms with van der Waals surface area (Å²) in [5.74, 6) is -6.50. The molecule has 11 heteroatoms. The molecule has 40 heavy (non-hydrogen) atoms. The van der Waals surface area contributed by atoms with Crippen molar-refractivity contribution in [1.29, 1.82) is 0 Å². The van der Waals surface area contributed by atoms with Crippen molar-refractivity contribution >= 4 is 29.1 Å². The van der Waals surface area contributed by atoms with Crippen molar-refractivity contribution in [2.75, 3.05) is 11.9 Å². The number of nitrogens with two attached hydrogens (primary N) is 1. The summed E-state index contributed by atoms with van der Waals surface area (Å²) >= 11 is 0. The number of benzodiazepines with no additional fused rings is 1. The van der Waals surface area contributed by atoms with Gasteiger partial charge in [0.15, 0.2) is 0 Å². The highest BCUT2D eigenvalue weighted by atomic mass is 19.4. The number of hydrogen-bond acceptors (Lipinski definition) is 4. The molecule has 1 aliphatic rings. The smallest absolute Gasteiger partial charge is 0.369 e. The van der Waals surface area contributed by atoms with Crippen LogP contribution in [0.5, 0.6) is 0 Å². The van der Waals surface area contributed by atoms with Gasteiger partial charge < -0.3 is 16.0 Å². The maximum absolute atomic E-state index is 13.7. The number of anilines is 1. The SMILES string of the molecule is CN1C(=O)[C@@H](NC(=O)[C@@H](c2ccc(F)cc2)[C@@H](CCC(F)(F)F)C(N)=O)N=C(c2ccccc2)c2ccccc21. The van der Waals surface area contributed by atoms with Crippen LogP contribution in [0.3, 0.4) is 0 Å². The first-order chi connectivity index (χ1) is 19.0. The summed E-state index contributed by atoms with van der Waals surface area (Å²) in [4.78, 5) is 45.5. The number of amides is 3. The summed E-state index contributed by atoms with van der Waals surface area (Å²) in [6.07, 6.45) is -8.25. The monoisotopic (exact) mass is 554 g/mol. The van der Waals surface area contributed by atoms with Gasteiger partial charge in [0, 0.05) is 24.6 Å². The van der Waals surface area contributed by atoms with E-state index in [2.05, 4.69) is 10.3 Å². The van der Waals surface area contributed by atoms with Gasteiger partial charge in [-0.05, 0) is 30.2 Å². The maximum atomic E-state index is 13.7. The van der Waals surface area contributed by atoms with Gasteiger partial charge in [0.25, 0.3) is 5.91 Å². The third kappa shape index (κ3) is 6.36. The fourth-order valence-electron chi connectivity index (χ4n) is 4.70. The molecule has 7 nitrogen and oxygen atoms in total. The lowest BCUT2D eigenvalue weighted by Crippen LogP contribution is -2.49. The van der Waals surface area contributed by atoms with Crippen LogP contribution in [0.1, 0.15) is 35.4 Å². The molecule has 0 radical (unpaired) electrons. The number of carbonyl (C=O) groups excluding carboxylic acids is 3. The van der Waals surface area contributed by atoms with Crippen molar-refractivity contribution in [3.63, 3.8) is 0 Å². The molecule has 1 aliphatic heterocycles. The van der Waals surface area contributed by atoms with Crippen molar-refractivity contribution < 1.29 is 31.9 Å². The average molecular weight is 555 g/mol. The Balaban J connectivity index is 1.76. The largest absolute Gasteiger partial charge is 0.389 e. The summed E-state index contributed by atoms with van der Waals surface area (Å²) < 4.78 is 52.9. The van der Waals surface area contributed by atoms with E-state index >= 15 is 0 Å². The Morgan fingerprint density at radius 2 is 1.62 bits per heavy atom. The third-order valence-electron chi connectivity index (χ3n) is 6.69. The van der Waals surface area contributed by atoms with Gasteiger partial charge >= 0.3 is 6.18 Å². The zero-order chi connectivity index (χ0) is 29.0. The fourth-order valence-corrected chi connectivity index (χ4v) is 4.70. The van der Waals surface area contributed by atoms with Crippen LogP contribution in [0.2, 0.25) is 0 Å². The molecule has 208 valence electrons. The lowest BCUT2D eigenvalue weighted by Gasteiger charge is -2.27. The predicted octanol–water partition coefficient (Wildman–Crippen LogP) is 4.31. The van der Waals surface area contributed by atoms with E-state index in [4.69, 9.17) is 5.73 Å². The van der Waals surface area contributed by atoms with Gasteiger partial charge in [-0.1, -0.05) is 60.7 Å². The van der Waals surface area contributed by atoms with Gasteiger partial charge in [-0.25, -0.2) is 9.38 Å². The van der Waals surface area contributed by atoms with Crippen molar-refractivity contribution in [2.24, 2.45) is 16.6 Å². The quantitative estimate of drug-likeness (QED) is 0.406. The minimum absolute atomic E-state index is 0.0647. The Hall–Kier alpha value is -4.54. The number of hydrogen-bond donors (Lipinski definition) is 2. The number of rotatable bonds is 8. The highest BCUT2D eigenvalue weighted by Gasteiger charge is 2.40. The standard InChI is InChI=1S/C29H26F4N4O3/c1-37-22-10-6-5-9-20(22)24(18-7-3-2-4-8-18)35-26(28(37)40)36-27(39)23(17-11-13-19(30)14-12-17)21(25(34)38)15-16-29(31,32)33/h2-14,21,23,26H,15-16H2,1H3,(H2,34,38)(H,36,39)/t21-,23+,26-/m1/s1. The van der Waals surface area contributed by atoms with Crippen LogP contribution in [0, 0.1) is 11.7 Å². The molecular formula is C29H26F4N4O3. The van der Waals surface area contributed by atoms with Crippen LogP contribution in [-0.4, -0.2) is 42.8 Å². The zero-order valence-electron chi connectivity index (χ0n) is 21.4. The highest BCUT2D eigenvalue weighted by Crippen LogP contribution is 2.34. The number of benzene rings is 3. The molecule has 0 unspecified atom stereocenters. The Morgan fingerprint density at radius 3 is 2.25 bits per heavy atom. The number of alkyl halides is 3. The van der Waals surface area contributed by atoms with Crippen LogP contribution < -0.4 is 16.0 Å². The van der Waals surface area contributed by atoms with Crippen LogP contribution >= 0.6 is 0 Å². The first kappa shape index (κ1) is 28.5. The first-order valence-corrected chi connectivity index (χ1v) is 12.4. The molecule has 0 aromatic heterocycles. The molecule has 3 aromatic carbocycles. The lowest BCUT2D eigenvalue weighted by molar-refractivity contribution is -0.143. The molecule has 3 aromatic rings. The Kier molecular flexibility index (Phi) is 8.32. The molecular weight excluding hydrogens is 528 g/mol. The molecule has 3 atom stereocenters. The van der Waals surface area contributed by atoms with Gasteiger partial charge in [0.05, 0.1) is 23.2 Å². The average Bonchev–Trinajstić information content (AvgIpc) is 3.02. The molecule has 0 bridgehead atoms. The van der Waals surface area contributed by atoms with Crippen LogP contribution in [0.15, 0.2) is 83.9 Å². The number of fused-ring (bicyclic) bond motifs is 1. The van der Waals surface area contributed by atoms with Gasteiger partial charge in [0.1, 0.15) is 5.82 Å². The van der Waals surface area contributed by atoms with E-state index in [-0.39, 0.29) is 5.56 Å². The van der Waals surface area contributed by atoms with E-state index in [0.29, 0.717) is 22.5 Å². The second-order valence-corrected chi connectivity index (χ2v) is 9.36. The van der Waals surface area contributed by atoms with Gasteiger partial charge in [-0.2, -0.15) is 13.2 Å². The molecule has 3 N–H and O–H groups in total. The number of nitrogens with zero attached hydrogens (tertiary/aromatic N) is 2. The molecule has 0 saturated heterocycles. The summed E-state index contributed by atoms with van der Waals surface area (Å²) in [7, 11) is 1.51. The molecule has 4 rings (SSSR count). The zero-order valence-corrected chi connectivity index (χ0v) is 21.4. The Labute approximate surface area is 227 Å². The number of halogens is 4. The van der Waals surface area contributed by atoms with E-state index in [1.54, 1.807) is 54.6 Å². The summed E-state index contributed by atoms with van der Waals surface area (Å²) in [6, 6.07) is 20.4. The predicted molar refractivity (Wildman–Crippen MR) is 141 cm³/mol. The van der Waals surface area contributed by atoms with Gasteiger partial charge in [-0.15, -0.1) is 0 Å². The number of carbonyl (C=O) groups is 3. The number of likely N-dealkylation sites (N-methyl/N-ethyl adjacent to an activating group) is 1. The molecule has 0 spiro atoms. The van der Waals surface area contributed by atoms with Crippen molar-refractivity contribution in [2.45, 2.75) is 31.1 Å². The normalized spacial score (nSPS) is 16.8. The summed E-state index contributed by atoms with van der Waals surface area (Å²) in [6.45, 7) is 0. The van der Waals surface area contributed by atoms with E-state index < -0.39 is 60.6 Å². The second kappa shape index (κ2) is 11.7. The Bertz CT molecular complexity index is 1430. The molecule has 0 aliphatic carbocycles. The number of para-hydroxylation sites is 1. The molecule has 0 fully saturated rings. The van der Waals surface area contributed by atoms with Crippen LogP contribution in [0.25, 0.3) is 0 Å². The second-order valence-electron chi connectivity index (χ2n) is 9.36.